The number of nitrogens with one attached hydrogen (secondary N) is 2. The Bertz CT molecular complexity index is 1270. The van der Waals surface area contributed by atoms with Crippen LogP contribution in [0.25, 0.3) is 0 Å². The number of hydrogen-bond acceptors (Lipinski definition) is 8. The zero-order valence-electron chi connectivity index (χ0n) is 21.4. The van der Waals surface area contributed by atoms with Gasteiger partial charge in [0.05, 0.1) is 39.1 Å². The van der Waals surface area contributed by atoms with Crippen molar-refractivity contribution in [1.82, 2.24) is 10.7 Å². The van der Waals surface area contributed by atoms with E-state index < -0.39 is 17.8 Å². The minimum atomic E-state index is -0.508. The van der Waals surface area contributed by atoms with E-state index in [0.29, 0.717) is 46.3 Å². The average Bonchev–Trinajstić information content (AvgIpc) is 2.95. The zero-order valence-corrected chi connectivity index (χ0v) is 21.4. The summed E-state index contributed by atoms with van der Waals surface area (Å²) in [5.41, 5.74) is 3.72. The van der Waals surface area contributed by atoms with E-state index in [0.717, 1.165) is 6.42 Å². The van der Waals surface area contributed by atoms with Crippen molar-refractivity contribution in [3.63, 3.8) is 0 Å². The molecule has 3 rings (SSSR count). The molecular formula is C28H29N3O7. The molecule has 0 saturated heterocycles. The van der Waals surface area contributed by atoms with Crippen LogP contribution in [-0.4, -0.2) is 51.4 Å². The maximum absolute atomic E-state index is 12.4. The van der Waals surface area contributed by atoms with Crippen molar-refractivity contribution in [2.24, 2.45) is 5.10 Å². The van der Waals surface area contributed by atoms with Crippen molar-refractivity contribution in [1.29, 1.82) is 0 Å². The monoisotopic (exact) mass is 519 g/mol. The van der Waals surface area contributed by atoms with Crippen LogP contribution < -0.4 is 29.7 Å². The van der Waals surface area contributed by atoms with Gasteiger partial charge in [0.15, 0.2) is 11.5 Å². The van der Waals surface area contributed by atoms with Crippen LogP contribution in [0.15, 0.2) is 71.8 Å². The zero-order chi connectivity index (χ0) is 27.3. The fourth-order valence-electron chi connectivity index (χ4n) is 3.15. The molecule has 0 heterocycles. The Kier molecular flexibility index (Phi) is 10.2. The minimum absolute atomic E-state index is 0.273. The highest BCUT2D eigenvalue weighted by atomic mass is 16.5. The Hall–Kier alpha value is -4.86. The number of carbonyl (C=O) groups excluding carboxylic acids is 3. The van der Waals surface area contributed by atoms with Crippen LogP contribution >= 0.6 is 0 Å². The van der Waals surface area contributed by atoms with Crippen LogP contribution in [0.3, 0.4) is 0 Å². The molecule has 0 spiro atoms. The summed E-state index contributed by atoms with van der Waals surface area (Å²) < 4.78 is 21.2. The molecule has 10 heteroatoms. The molecule has 0 bridgehead atoms. The van der Waals surface area contributed by atoms with Gasteiger partial charge in [-0.3, -0.25) is 9.59 Å². The van der Waals surface area contributed by atoms with Crippen LogP contribution in [0.2, 0.25) is 0 Å². The number of ether oxygens (including phenoxy) is 4. The maximum atomic E-state index is 12.4. The van der Waals surface area contributed by atoms with E-state index in [4.69, 9.17) is 18.9 Å². The smallest absolute Gasteiger partial charge is 0.343 e. The highest BCUT2D eigenvalue weighted by Crippen LogP contribution is 2.27. The quantitative estimate of drug-likeness (QED) is 0.162. The van der Waals surface area contributed by atoms with E-state index in [9.17, 15) is 14.4 Å². The standard InChI is InChI=1S/C28H29N3O7/c1-4-15-37-22-12-7-20(8-13-22)28(34)38-23-10-5-19(6-11-23)17-30-31-26(32)18-29-27(33)21-9-14-24(35-2)25(16-21)36-3/h5-14,16-17H,4,15,18H2,1-3H3,(H,29,33)(H,31,32)/b30-17+. The molecule has 0 aromatic heterocycles. The normalized spacial score (nSPS) is 10.5. The summed E-state index contributed by atoms with van der Waals surface area (Å²) in [4.78, 5) is 36.7. The van der Waals surface area contributed by atoms with Crippen molar-refractivity contribution in [2.45, 2.75) is 13.3 Å². The molecule has 0 aliphatic rings. The molecule has 0 radical (unpaired) electrons. The molecule has 0 unspecified atom stereocenters. The number of rotatable bonds is 12. The Balaban J connectivity index is 1.44. The number of benzene rings is 3. The SMILES string of the molecule is CCCOc1ccc(C(=O)Oc2ccc(/C=N/NC(=O)CNC(=O)c3ccc(OC)c(OC)c3)cc2)cc1. The number of hydrazone groups is 1. The van der Waals surface area contributed by atoms with Gasteiger partial charge in [-0.15, -0.1) is 0 Å². The third-order valence-electron chi connectivity index (χ3n) is 5.11. The lowest BCUT2D eigenvalue weighted by Crippen LogP contribution is -2.34. The van der Waals surface area contributed by atoms with Gasteiger partial charge in [0, 0.05) is 5.56 Å². The van der Waals surface area contributed by atoms with E-state index in [2.05, 4.69) is 15.8 Å². The molecule has 10 nitrogen and oxygen atoms in total. The van der Waals surface area contributed by atoms with Crippen molar-refractivity contribution in [2.75, 3.05) is 27.4 Å². The lowest BCUT2D eigenvalue weighted by atomic mass is 10.2. The lowest BCUT2D eigenvalue weighted by molar-refractivity contribution is -0.120. The molecule has 2 N–H and O–H groups in total. The Morgan fingerprint density at radius 2 is 1.50 bits per heavy atom. The molecule has 198 valence electrons. The summed E-state index contributed by atoms with van der Waals surface area (Å²) in [5, 5.41) is 6.39. The summed E-state index contributed by atoms with van der Waals surface area (Å²) in [5.74, 6) is 0.505. The van der Waals surface area contributed by atoms with E-state index in [-0.39, 0.29) is 6.54 Å². The van der Waals surface area contributed by atoms with Crippen molar-refractivity contribution in [3.8, 4) is 23.0 Å². The van der Waals surface area contributed by atoms with Gasteiger partial charge in [0.2, 0.25) is 0 Å². The number of nitrogens with zero attached hydrogens (tertiary/aromatic N) is 1. The van der Waals surface area contributed by atoms with Gasteiger partial charge in [0.25, 0.3) is 11.8 Å². The van der Waals surface area contributed by atoms with E-state index in [1.165, 1.54) is 26.5 Å². The summed E-state index contributed by atoms with van der Waals surface area (Å²) in [7, 11) is 2.96. The Morgan fingerprint density at radius 1 is 0.842 bits per heavy atom. The minimum Gasteiger partial charge on any atom is -0.494 e. The van der Waals surface area contributed by atoms with Gasteiger partial charge in [0.1, 0.15) is 11.5 Å². The third kappa shape index (κ3) is 8.09. The number of esters is 1. The highest BCUT2D eigenvalue weighted by Gasteiger charge is 2.12. The summed E-state index contributed by atoms with van der Waals surface area (Å²) >= 11 is 0. The number of hydrogen-bond donors (Lipinski definition) is 2. The molecule has 0 aliphatic carbocycles. The molecule has 38 heavy (non-hydrogen) atoms. The first-order chi connectivity index (χ1) is 18.4. The van der Waals surface area contributed by atoms with Crippen LogP contribution in [0.1, 0.15) is 39.6 Å². The van der Waals surface area contributed by atoms with Gasteiger partial charge < -0.3 is 24.3 Å². The molecule has 2 amide bonds. The van der Waals surface area contributed by atoms with Crippen molar-refractivity contribution < 1.29 is 33.3 Å². The second-order valence-corrected chi connectivity index (χ2v) is 7.88. The fraction of sp³-hybridized carbons (Fsp3) is 0.214. The number of carbonyl (C=O) groups is 3. The van der Waals surface area contributed by atoms with Gasteiger partial charge in [-0.25, -0.2) is 10.2 Å². The van der Waals surface area contributed by atoms with Gasteiger partial charge in [-0.2, -0.15) is 5.10 Å². The Morgan fingerprint density at radius 3 is 2.16 bits per heavy atom. The van der Waals surface area contributed by atoms with Gasteiger partial charge in [-0.1, -0.05) is 6.92 Å². The van der Waals surface area contributed by atoms with E-state index >= 15 is 0 Å². The Labute approximate surface area is 220 Å². The van der Waals surface area contributed by atoms with Crippen molar-refractivity contribution in [3.05, 3.63) is 83.4 Å². The highest BCUT2D eigenvalue weighted by molar-refractivity contribution is 5.97. The summed E-state index contributed by atoms with van der Waals surface area (Å²) in [6.45, 7) is 2.36. The first-order valence-electron chi connectivity index (χ1n) is 11.8. The molecule has 0 fully saturated rings. The second-order valence-electron chi connectivity index (χ2n) is 7.88. The molecule has 0 atom stereocenters. The van der Waals surface area contributed by atoms with Crippen LogP contribution in [0.4, 0.5) is 0 Å². The predicted molar refractivity (Wildman–Crippen MR) is 141 cm³/mol. The largest absolute Gasteiger partial charge is 0.494 e. The van der Waals surface area contributed by atoms with Crippen LogP contribution in [0.5, 0.6) is 23.0 Å². The van der Waals surface area contributed by atoms with E-state index in [1.54, 1.807) is 60.7 Å². The summed E-state index contributed by atoms with van der Waals surface area (Å²) in [6.07, 6.45) is 2.32. The third-order valence-corrected chi connectivity index (χ3v) is 5.11. The van der Waals surface area contributed by atoms with Gasteiger partial charge >= 0.3 is 5.97 Å². The molecule has 0 saturated carbocycles. The molecule has 3 aromatic rings. The first-order valence-corrected chi connectivity index (χ1v) is 11.8. The molecule has 3 aromatic carbocycles. The number of methoxy groups -OCH3 is 2. The van der Waals surface area contributed by atoms with Crippen LogP contribution in [0, 0.1) is 0 Å². The average molecular weight is 520 g/mol. The van der Waals surface area contributed by atoms with Crippen LogP contribution in [-0.2, 0) is 4.79 Å². The maximum Gasteiger partial charge on any atom is 0.343 e. The second kappa shape index (κ2) is 14.0. The molecular weight excluding hydrogens is 490 g/mol. The van der Waals surface area contributed by atoms with Crippen molar-refractivity contribution >= 4 is 24.0 Å². The summed E-state index contributed by atoms with van der Waals surface area (Å²) in [6, 6.07) is 18.0. The molecule has 0 aliphatic heterocycles. The predicted octanol–water partition coefficient (Wildman–Crippen LogP) is 3.59. The van der Waals surface area contributed by atoms with Gasteiger partial charge in [-0.05, 0) is 78.7 Å². The number of amides is 2. The first kappa shape index (κ1) is 27.7. The van der Waals surface area contributed by atoms with E-state index in [1.807, 2.05) is 6.92 Å². The fourth-order valence-corrected chi connectivity index (χ4v) is 3.15. The lowest BCUT2D eigenvalue weighted by Gasteiger charge is -2.09. The topological polar surface area (TPSA) is 125 Å².